The second-order valence-electron chi connectivity index (χ2n) is 8.11. The molecule has 29 heavy (non-hydrogen) atoms. The number of hydrogen-bond donors (Lipinski definition) is 3. The Morgan fingerprint density at radius 3 is 2.28 bits per heavy atom. The number of aliphatic hydroxyl groups is 2. The van der Waals surface area contributed by atoms with Gasteiger partial charge in [-0.3, -0.25) is 0 Å². The Morgan fingerprint density at radius 1 is 1.17 bits per heavy atom. The summed E-state index contributed by atoms with van der Waals surface area (Å²) in [6.07, 6.45) is -0.0172. The van der Waals surface area contributed by atoms with Gasteiger partial charge in [-0.15, -0.1) is 0 Å². The van der Waals surface area contributed by atoms with Gasteiger partial charge in [0.2, 0.25) is 0 Å². The van der Waals surface area contributed by atoms with Gasteiger partial charge in [-0.2, -0.15) is 0 Å². The maximum absolute atomic E-state index is 15.7. The lowest BCUT2D eigenvalue weighted by Crippen LogP contribution is -2.38. The molecule has 3 rings (SSSR count). The van der Waals surface area contributed by atoms with Crippen molar-refractivity contribution < 1.29 is 28.1 Å². The second kappa shape index (κ2) is 7.52. The molecule has 8 heteroatoms. The fourth-order valence-electron chi connectivity index (χ4n) is 3.72. The number of hydrogen-bond acceptors (Lipinski definition) is 4. The average molecular weight is 422 g/mol. The van der Waals surface area contributed by atoms with E-state index in [2.05, 4.69) is 10.2 Å². The van der Waals surface area contributed by atoms with Gasteiger partial charge in [-0.1, -0.05) is 12.1 Å². The molecule has 1 fully saturated rings. The number of nitrogens with two attached hydrogens (primary N) is 1. The highest BCUT2D eigenvalue weighted by atomic mass is 28.1. The molecule has 0 bridgehead atoms. The number of halogens is 3. The molecule has 1 saturated heterocycles. The lowest BCUT2D eigenvalue weighted by atomic mass is 9.81. The van der Waals surface area contributed by atoms with Gasteiger partial charge in [0.1, 0.15) is 23.1 Å². The first-order valence-electron chi connectivity index (χ1n) is 9.19. The van der Waals surface area contributed by atoms with Crippen molar-refractivity contribution in [3.8, 4) is 11.1 Å². The van der Waals surface area contributed by atoms with E-state index in [1.807, 2.05) is 0 Å². The van der Waals surface area contributed by atoms with E-state index in [-0.39, 0.29) is 42.3 Å². The van der Waals surface area contributed by atoms with E-state index in [1.165, 1.54) is 32.0 Å². The van der Waals surface area contributed by atoms with Crippen molar-refractivity contribution in [2.45, 2.75) is 43.1 Å². The Hall–Kier alpha value is -1.71. The molecule has 0 aromatic heterocycles. The Morgan fingerprint density at radius 2 is 1.79 bits per heavy atom. The van der Waals surface area contributed by atoms with Crippen molar-refractivity contribution >= 4 is 10.2 Å². The highest BCUT2D eigenvalue weighted by Crippen LogP contribution is 2.46. The maximum Gasteiger partial charge on any atom is 0.140 e. The summed E-state index contributed by atoms with van der Waals surface area (Å²) in [4.78, 5) is 0. The van der Waals surface area contributed by atoms with Gasteiger partial charge in [-0.25, -0.2) is 13.2 Å². The zero-order chi connectivity index (χ0) is 21.6. The van der Waals surface area contributed by atoms with Gasteiger partial charge in [0.25, 0.3) is 0 Å². The van der Waals surface area contributed by atoms with Gasteiger partial charge in [-0.05, 0) is 43.7 Å². The average Bonchev–Trinajstić information content (AvgIpc) is 3.01. The molecular weight excluding hydrogens is 399 g/mol. The largest absolute Gasteiger partial charge is 0.388 e. The Balaban J connectivity index is 2.30. The minimum absolute atomic E-state index is 0.0172. The summed E-state index contributed by atoms with van der Waals surface area (Å²) in [5, 5.41) is 21.1. The van der Waals surface area contributed by atoms with Crippen LogP contribution >= 0.6 is 0 Å². The van der Waals surface area contributed by atoms with E-state index < -0.39 is 39.8 Å². The highest BCUT2D eigenvalue weighted by Gasteiger charge is 2.50. The molecule has 4 N–H and O–H groups in total. The number of ether oxygens (including phenoxy) is 1. The molecule has 3 radical (unpaired) electrons. The molecule has 0 amide bonds. The van der Waals surface area contributed by atoms with Gasteiger partial charge >= 0.3 is 0 Å². The van der Waals surface area contributed by atoms with Crippen LogP contribution in [0.3, 0.4) is 0 Å². The molecule has 0 saturated carbocycles. The van der Waals surface area contributed by atoms with Crippen LogP contribution in [0, 0.1) is 17.5 Å². The van der Waals surface area contributed by atoms with Crippen molar-refractivity contribution in [2.24, 2.45) is 5.73 Å². The minimum atomic E-state index is -1.64. The Kier molecular flexibility index (Phi) is 5.70. The molecule has 0 aliphatic carbocycles. The van der Waals surface area contributed by atoms with E-state index in [9.17, 15) is 14.6 Å². The standard InChI is InChI=1S/C21H23F3NO3Si/c1-19(2,26)14-7-15(21(9-25)8-20(27,11-29)10-28-21)18(24)16(17(14)23)12-3-5-13(22)6-4-12/h3-7,26-27H,8-11,25H2,1-2H3/t20-,21-/m0/s1. The molecule has 1 aliphatic rings. The summed E-state index contributed by atoms with van der Waals surface area (Å²) in [7, 11) is 3.27. The van der Waals surface area contributed by atoms with E-state index in [0.29, 0.717) is 0 Å². The Bertz CT molecular complexity index is 917. The normalized spacial score (nSPS) is 24.9. The van der Waals surface area contributed by atoms with Gasteiger partial charge < -0.3 is 20.7 Å². The third-order valence-corrected chi connectivity index (χ3v) is 6.03. The zero-order valence-electron chi connectivity index (χ0n) is 16.2. The van der Waals surface area contributed by atoms with Crippen molar-refractivity contribution in [2.75, 3.05) is 13.2 Å². The molecular formula is C21H23F3NO3Si. The van der Waals surface area contributed by atoms with Gasteiger partial charge in [0.05, 0.1) is 23.4 Å². The SMILES string of the molecule is CC(C)(O)c1cc([C@@]2(CN)C[C@@](O)(C[Si])CO2)c(F)c(-c2ccc(F)cc2)c1F. The quantitative estimate of drug-likeness (QED) is 0.648. The molecule has 2 aromatic carbocycles. The maximum atomic E-state index is 15.7. The van der Waals surface area contributed by atoms with Crippen LogP contribution in [0.5, 0.6) is 0 Å². The first-order chi connectivity index (χ1) is 13.5. The molecule has 1 aliphatic heterocycles. The van der Waals surface area contributed by atoms with E-state index in [4.69, 9.17) is 10.5 Å². The van der Waals surface area contributed by atoms with Crippen molar-refractivity contribution in [3.63, 3.8) is 0 Å². The summed E-state index contributed by atoms with van der Waals surface area (Å²) in [6.45, 7) is 2.49. The lowest BCUT2D eigenvalue weighted by Gasteiger charge is -2.32. The van der Waals surface area contributed by atoms with Gasteiger partial charge in [0.15, 0.2) is 0 Å². The van der Waals surface area contributed by atoms with Crippen LogP contribution in [0.15, 0.2) is 30.3 Å². The highest BCUT2D eigenvalue weighted by molar-refractivity contribution is 6.09. The smallest absolute Gasteiger partial charge is 0.140 e. The van der Waals surface area contributed by atoms with Crippen LogP contribution in [-0.2, 0) is 15.9 Å². The van der Waals surface area contributed by atoms with Crippen LogP contribution in [0.25, 0.3) is 11.1 Å². The van der Waals surface area contributed by atoms with Crippen LogP contribution in [-0.4, -0.2) is 39.2 Å². The molecule has 4 nitrogen and oxygen atoms in total. The van der Waals surface area contributed by atoms with Crippen LogP contribution in [0.4, 0.5) is 13.2 Å². The lowest BCUT2D eigenvalue weighted by molar-refractivity contribution is -0.00662. The summed E-state index contributed by atoms with van der Waals surface area (Å²) in [5.41, 5.74) is 1.08. The first kappa shape index (κ1) is 22.0. The fourth-order valence-corrected chi connectivity index (χ4v) is 3.94. The number of rotatable bonds is 5. The number of benzene rings is 2. The molecule has 155 valence electrons. The van der Waals surface area contributed by atoms with E-state index in [0.717, 1.165) is 12.1 Å². The third kappa shape index (κ3) is 3.87. The first-order valence-corrected chi connectivity index (χ1v) is 9.89. The summed E-state index contributed by atoms with van der Waals surface area (Å²) in [6, 6.07) is 6.09. The Labute approximate surface area is 170 Å². The molecule has 1 heterocycles. The van der Waals surface area contributed by atoms with Gasteiger partial charge in [0, 0.05) is 34.3 Å². The minimum Gasteiger partial charge on any atom is -0.388 e. The summed E-state index contributed by atoms with van der Waals surface area (Å²) in [5.74, 6) is -2.43. The van der Waals surface area contributed by atoms with Crippen molar-refractivity contribution in [1.29, 1.82) is 0 Å². The van der Waals surface area contributed by atoms with Crippen molar-refractivity contribution in [3.05, 3.63) is 58.9 Å². The zero-order valence-corrected chi connectivity index (χ0v) is 17.2. The fraction of sp³-hybridized carbons (Fsp3) is 0.429. The van der Waals surface area contributed by atoms with Crippen LogP contribution in [0.1, 0.15) is 31.4 Å². The van der Waals surface area contributed by atoms with E-state index >= 15 is 8.78 Å². The van der Waals surface area contributed by atoms with Crippen LogP contribution in [0.2, 0.25) is 6.04 Å². The second-order valence-corrected chi connectivity index (χ2v) is 8.46. The predicted molar refractivity (Wildman–Crippen MR) is 104 cm³/mol. The topological polar surface area (TPSA) is 75.7 Å². The summed E-state index contributed by atoms with van der Waals surface area (Å²) < 4.78 is 50.1. The molecule has 0 spiro atoms. The summed E-state index contributed by atoms with van der Waals surface area (Å²) >= 11 is 0. The third-order valence-electron chi connectivity index (χ3n) is 5.37. The predicted octanol–water partition coefficient (Wildman–Crippen LogP) is 2.89. The molecule has 0 unspecified atom stereocenters. The molecule has 2 atom stereocenters. The van der Waals surface area contributed by atoms with Crippen LogP contribution < -0.4 is 5.73 Å². The van der Waals surface area contributed by atoms with Crippen molar-refractivity contribution in [1.82, 2.24) is 0 Å². The molecule has 2 aromatic rings. The monoisotopic (exact) mass is 422 g/mol. The van der Waals surface area contributed by atoms with E-state index in [1.54, 1.807) is 0 Å².